The smallest absolute Gasteiger partial charge is 0.152 e. The monoisotopic (exact) mass is 231 g/mol. The van der Waals surface area contributed by atoms with Gasteiger partial charge in [-0.05, 0) is 32.4 Å². The molecule has 0 amide bonds. The third kappa shape index (κ3) is 1.98. The van der Waals surface area contributed by atoms with Gasteiger partial charge in [0.2, 0.25) is 0 Å². The van der Waals surface area contributed by atoms with Crippen molar-refractivity contribution >= 4 is 11.3 Å². The van der Waals surface area contributed by atoms with Gasteiger partial charge >= 0.3 is 0 Å². The van der Waals surface area contributed by atoms with Crippen LogP contribution in [0.2, 0.25) is 0 Å². The van der Waals surface area contributed by atoms with Crippen LogP contribution in [0.3, 0.4) is 0 Å². The molecule has 2 atom stereocenters. The fourth-order valence-electron chi connectivity index (χ4n) is 2.39. The minimum absolute atomic E-state index is 0.442. The number of hydrogen-bond donors (Lipinski definition) is 2. The number of anilines is 1. The Morgan fingerprint density at radius 2 is 2.41 bits per heavy atom. The lowest BCUT2D eigenvalue weighted by Crippen LogP contribution is -2.46. The Morgan fingerprint density at radius 1 is 1.47 bits per heavy atom. The van der Waals surface area contributed by atoms with Gasteiger partial charge in [0.1, 0.15) is 5.52 Å². The Labute approximate surface area is 100 Å². The van der Waals surface area contributed by atoms with Crippen LogP contribution in [-0.4, -0.2) is 33.2 Å². The zero-order valence-electron chi connectivity index (χ0n) is 9.93. The summed E-state index contributed by atoms with van der Waals surface area (Å²) in [6, 6.07) is 2.90. The zero-order valence-corrected chi connectivity index (χ0v) is 9.93. The third-order valence-corrected chi connectivity index (χ3v) is 3.41. The van der Waals surface area contributed by atoms with Crippen molar-refractivity contribution in [2.45, 2.75) is 31.8 Å². The molecule has 3 heterocycles. The molecule has 3 rings (SSSR count). The van der Waals surface area contributed by atoms with E-state index in [1.54, 1.807) is 12.4 Å². The van der Waals surface area contributed by atoms with E-state index < -0.39 is 0 Å². The lowest BCUT2D eigenvalue weighted by Gasteiger charge is -2.31. The Bertz CT molecular complexity index is 506. The minimum Gasteiger partial charge on any atom is -0.364 e. The van der Waals surface area contributed by atoms with Crippen LogP contribution in [-0.2, 0) is 0 Å². The lowest BCUT2D eigenvalue weighted by molar-refractivity contribution is 0.389. The normalized spacial score (nSPS) is 25.0. The van der Waals surface area contributed by atoms with Gasteiger partial charge < -0.3 is 10.6 Å². The number of piperidine rings is 1. The SMILES string of the molecule is CC1NCCCC1Nc1nccn2nccc12. The largest absolute Gasteiger partial charge is 0.364 e. The maximum atomic E-state index is 4.41. The molecule has 2 aromatic rings. The molecule has 0 aromatic carbocycles. The quantitative estimate of drug-likeness (QED) is 0.817. The molecule has 1 fully saturated rings. The summed E-state index contributed by atoms with van der Waals surface area (Å²) in [6.45, 7) is 3.33. The summed E-state index contributed by atoms with van der Waals surface area (Å²) in [5.74, 6) is 0.922. The molecule has 5 heteroatoms. The molecule has 1 aliphatic heterocycles. The van der Waals surface area contributed by atoms with Crippen LogP contribution in [0.25, 0.3) is 5.52 Å². The van der Waals surface area contributed by atoms with E-state index in [-0.39, 0.29) is 0 Å². The van der Waals surface area contributed by atoms with Crippen molar-refractivity contribution in [1.82, 2.24) is 19.9 Å². The molecule has 17 heavy (non-hydrogen) atoms. The van der Waals surface area contributed by atoms with Gasteiger partial charge in [0.05, 0.1) is 6.20 Å². The third-order valence-electron chi connectivity index (χ3n) is 3.41. The molecule has 5 nitrogen and oxygen atoms in total. The van der Waals surface area contributed by atoms with Crippen molar-refractivity contribution < 1.29 is 0 Å². The molecule has 0 aliphatic carbocycles. The van der Waals surface area contributed by atoms with Crippen LogP contribution in [0.15, 0.2) is 24.7 Å². The highest BCUT2D eigenvalue weighted by Gasteiger charge is 2.21. The maximum Gasteiger partial charge on any atom is 0.152 e. The number of hydrogen-bond acceptors (Lipinski definition) is 4. The second-order valence-electron chi connectivity index (χ2n) is 4.57. The predicted octanol–water partition coefficient (Wildman–Crippen LogP) is 1.28. The van der Waals surface area contributed by atoms with Crippen LogP contribution in [0.1, 0.15) is 19.8 Å². The number of fused-ring (bicyclic) bond motifs is 1. The molecular weight excluding hydrogens is 214 g/mol. The first-order valence-corrected chi connectivity index (χ1v) is 6.13. The van der Waals surface area contributed by atoms with Gasteiger partial charge in [-0.3, -0.25) is 0 Å². The van der Waals surface area contributed by atoms with Crippen molar-refractivity contribution in [3.63, 3.8) is 0 Å². The van der Waals surface area contributed by atoms with Crippen LogP contribution < -0.4 is 10.6 Å². The first-order chi connectivity index (χ1) is 8.34. The highest BCUT2D eigenvalue weighted by atomic mass is 15.2. The van der Waals surface area contributed by atoms with E-state index in [1.807, 2.05) is 16.8 Å². The molecule has 0 bridgehead atoms. The fourth-order valence-corrected chi connectivity index (χ4v) is 2.39. The van der Waals surface area contributed by atoms with Crippen LogP contribution >= 0.6 is 0 Å². The second kappa shape index (κ2) is 4.33. The molecule has 1 saturated heterocycles. The van der Waals surface area contributed by atoms with Crippen LogP contribution in [0, 0.1) is 0 Å². The Hall–Kier alpha value is -1.62. The van der Waals surface area contributed by atoms with E-state index in [1.165, 1.54) is 12.8 Å². The standard InChI is InChI=1S/C12H17N5/c1-9-10(3-2-5-13-9)16-12-11-4-6-15-17(11)8-7-14-12/h4,6-10,13H,2-3,5H2,1H3,(H,14,16). The van der Waals surface area contributed by atoms with E-state index in [0.717, 1.165) is 17.9 Å². The molecular formula is C12H17N5. The number of aromatic nitrogens is 3. The summed E-state index contributed by atoms with van der Waals surface area (Å²) >= 11 is 0. The average Bonchev–Trinajstić information content (AvgIpc) is 2.81. The van der Waals surface area contributed by atoms with E-state index in [0.29, 0.717) is 12.1 Å². The van der Waals surface area contributed by atoms with E-state index >= 15 is 0 Å². The number of rotatable bonds is 2. The molecule has 1 aliphatic rings. The number of nitrogens with zero attached hydrogens (tertiary/aromatic N) is 3. The van der Waals surface area contributed by atoms with Gasteiger partial charge in [-0.15, -0.1) is 0 Å². The maximum absolute atomic E-state index is 4.41. The molecule has 0 saturated carbocycles. The number of nitrogens with one attached hydrogen (secondary N) is 2. The first kappa shape index (κ1) is 10.5. The molecule has 0 spiro atoms. The van der Waals surface area contributed by atoms with Gasteiger partial charge in [-0.2, -0.15) is 5.10 Å². The predicted molar refractivity (Wildman–Crippen MR) is 67.1 cm³/mol. The highest BCUT2D eigenvalue weighted by Crippen LogP contribution is 2.18. The van der Waals surface area contributed by atoms with Gasteiger partial charge in [-0.25, -0.2) is 9.50 Å². The summed E-state index contributed by atoms with van der Waals surface area (Å²) in [5, 5.41) is 11.2. The average molecular weight is 231 g/mol. The van der Waals surface area contributed by atoms with Crippen LogP contribution in [0.5, 0.6) is 0 Å². The topological polar surface area (TPSA) is 54.2 Å². The Balaban J connectivity index is 1.86. The van der Waals surface area contributed by atoms with Crippen molar-refractivity contribution in [2.24, 2.45) is 0 Å². The molecule has 90 valence electrons. The van der Waals surface area contributed by atoms with Crippen LogP contribution in [0.4, 0.5) is 5.82 Å². The lowest BCUT2D eigenvalue weighted by atomic mass is 10.00. The molecule has 0 radical (unpaired) electrons. The summed E-state index contributed by atoms with van der Waals surface area (Å²) in [5.41, 5.74) is 1.03. The van der Waals surface area contributed by atoms with E-state index in [9.17, 15) is 0 Å². The summed E-state index contributed by atoms with van der Waals surface area (Å²) in [7, 11) is 0. The summed E-state index contributed by atoms with van der Waals surface area (Å²) in [6.07, 6.45) is 7.84. The van der Waals surface area contributed by atoms with Crippen molar-refractivity contribution in [2.75, 3.05) is 11.9 Å². The summed E-state index contributed by atoms with van der Waals surface area (Å²) in [4.78, 5) is 4.41. The van der Waals surface area contributed by atoms with Gasteiger partial charge in [-0.1, -0.05) is 0 Å². The molecule has 2 N–H and O–H groups in total. The summed E-state index contributed by atoms with van der Waals surface area (Å²) < 4.78 is 1.84. The first-order valence-electron chi connectivity index (χ1n) is 6.13. The van der Waals surface area contributed by atoms with Crippen molar-refractivity contribution in [3.8, 4) is 0 Å². The van der Waals surface area contributed by atoms with Crippen molar-refractivity contribution in [3.05, 3.63) is 24.7 Å². The van der Waals surface area contributed by atoms with E-state index in [4.69, 9.17) is 0 Å². The van der Waals surface area contributed by atoms with Crippen molar-refractivity contribution in [1.29, 1.82) is 0 Å². The van der Waals surface area contributed by atoms with Gasteiger partial charge in [0, 0.05) is 24.5 Å². The molecule has 2 aromatic heterocycles. The molecule has 2 unspecified atom stereocenters. The Morgan fingerprint density at radius 3 is 3.29 bits per heavy atom. The highest BCUT2D eigenvalue weighted by molar-refractivity contribution is 5.67. The fraction of sp³-hybridized carbons (Fsp3) is 0.500. The van der Waals surface area contributed by atoms with E-state index in [2.05, 4.69) is 27.6 Å². The van der Waals surface area contributed by atoms with Gasteiger partial charge in [0.25, 0.3) is 0 Å². The zero-order chi connectivity index (χ0) is 11.7. The Kier molecular flexibility index (Phi) is 2.68. The second-order valence-corrected chi connectivity index (χ2v) is 4.57. The van der Waals surface area contributed by atoms with Gasteiger partial charge in [0.15, 0.2) is 5.82 Å². The minimum atomic E-state index is 0.442.